The van der Waals surface area contributed by atoms with Crippen molar-refractivity contribution in [3.63, 3.8) is 0 Å². The Morgan fingerprint density at radius 3 is 2.38 bits per heavy atom. The van der Waals surface area contributed by atoms with E-state index in [1.54, 1.807) is 6.92 Å². The van der Waals surface area contributed by atoms with Crippen molar-refractivity contribution in [3.8, 4) is 10.6 Å². The minimum absolute atomic E-state index is 0.132. The summed E-state index contributed by atoms with van der Waals surface area (Å²) in [6.45, 7) is 10.6. The van der Waals surface area contributed by atoms with E-state index in [9.17, 15) is 4.79 Å². The summed E-state index contributed by atoms with van der Waals surface area (Å²) in [5.74, 6) is -0.344. The molecule has 0 saturated heterocycles. The van der Waals surface area contributed by atoms with E-state index in [1.165, 1.54) is 16.9 Å². The fourth-order valence-corrected chi connectivity index (χ4v) is 2.93. The van der Waals surface area contributed by atoms with Crippen molar-refractivity contribution in [3.05, 3.63) is 40.4 Å². The molecule has 0 N–H and O–H groups in total. The second-order valence-electron chi connectivity index (χ2n) is 5.97. The molecule has 0 aliphatic rings. The number of hydrogen-bond donors (Lipinski definition) is 0. The quantitative estimate of drug-likeness (QED) is 0.778. The molecule has 4 heteroatoms. The molecule has 21 heavy (non-hydrogen) atoms. The SMILES string of the molecule is CCOC(=O)c1nc(-c2ccc(C(C)(C)C)cc2)sc1C. The summed E-state index contributed by atoms with van der Waals surface area (Å²) in [4.78, 5) is 17.1. The lowest BCUT2D eigenvalue weighted by atomic mass is 9.87. The summed E-state index contributed by atoms with van der Waals surface area (Å²) in [6, 6.07) is 8.37. The Bertz CT molecular complexity index is 636. The third-order valence-corrected chi connectivity index (χ3v) is 4.28. The molecule has 0 fully saturated rings. The summed E-state index contributed by atoms with van der Waals surface area (Å²) in [6.07, 6.45) is 0. The standard InChI is InChI=1S/C17H21NO2S/c1-6-20-16(19)14-11(2)21-15(18-14)12-7-9-13(10-8-12)17(3,4)5/h7-10H,6H2,1-5H3. The highest BCUT2D eigenvalue weighted by Crippen LogP contribution is 2.30. The second kappa shape index (κ2) is 5.98. The van der Waals surface area contributed by atoms with Gasteiger partial charge in [-0.3, -0.25) is 0 Å². The molecule has 1 heterocycles. The summed E-state index contributed by atoms with van der Waals surface area (Å²) in [5, 5.41) is 0.857. The van der Waals surface area contributed by atoms with Gasteiger partial charge in [0.2, 0.25) is 0 Å². The van der Waals surface area contributed by atoms with E-state index in [0.29, 0.717) is 12.3 Å². The molecule has 3 nitrogen and oxygen atoms in total. The van der Waals surface area contributed by atoms with Crippen LogP contribution in [0.3, 0.4) is 0 Å². The fourth-order valence-electron chi connectivity index (χ4n) is 2.02. The number of aromatic nitrogens is 1. The number of carbonyl (C=O) groups is 1. The van der Waals surface area contributed by atoms with Crippen molar-refractivity contribution < 1.29 is 9.53 Å². The van der Waals surface area contributed by atoms with Crippen molar-refractivity contribution >= 4 is 17.3 Å². The molecule has 2 aromatic rings. The normalized spacial score (nSPS) is 11.5. The first-order valence-corrected chi connectivity index (χ1v) is 7.90. The zero-order valence-corrected chi connectivity index (χ0v) is 14.0. The van der Waals surface area contributed by atoms with Gasteiger partial charge in [-0.1, -0.05) is 45.0 Å². The summed E-state index contributed by atoms with van der Waals surface area (Å²) < 4.78 is 5.03. The monoisotopic (exact) mass is 303 g/mol. The van der Waals surface area contributed by atoms with Gasteiger partial charge >= 0.3 is 5.97 Å². The molecule has 0 aliphatic carbocycles. The van der Waals surface area contributed by atoms with Crippen LogP contribution in [0.1, 0.15) is 48.6 Å². The zero-order valence-electron chi connectivity index (χ0n) is 13.2. The van der Waals surface area contributed by atoms with Crippen LogP contribution in [0.2, 0.25) is 0 Å². The van der Waals surface area contributed by atoms with Crippen LogP contribution in [0, 0.1) is 6.92 Å². The van der Waals surface area contributed by atoms with E-state index in [1.807, 2.05) is 6.92 Å². The molecule has 0 aliphatic heterocycles. The highest BCUT2D eigenvalue weighted by atomic mass is 32.1. The van der Waals surface area contributed by atoms with E-state index < -0.39 is 0 Å². The molecule has 1 aromatic heterocycles. The molecule has 0 unspecified atom stereocenters. The van der Waals surface area contributed by atoms with E-state index in [0.717, 1.165) is 15.4 Å². The lowest BCUT2D eigenvalue weighted by Crippen LogP contribution is -2.10. The van der Waals surface area contributed by atoms with Crippen LogP contribution in [-0.4, -0.2) is 17.6 Å². The van der Waals surface area contributed by atoms with E-state index in [4.69, 9.17) is 4.74 Å². The molecule has 0 radical (unpaired) electrons. The Kier molecular flexibility index (Phi) is 4.47. The number of ether oxygens (including phenoxy) is 1. The van der Waals surface area contributed by atoms with Crippen LogP contribution in [0.15, 0.2) is 24.3 Å². The van der Waals surface area contributed by atoms with Crippen LogP contribution in [-0.2, 0) is 10.2 Å². The molecule has 0 saturated carbocycles. The van der Waals surface area contributed by atoms with Crippen molar-refractivity contribution in [1.29, 1.82) is 0 Å². The summed E-state index contributed by atoms with van der Waals surface area (Å²) in [5.41, 5.74) is 2.88. The van der Waals surface area contributed by atoms with E-state index >= 15 is 0 Å². The van der Waals surface area contributed by atoms with Gasteiger partial charge < -0.3 is 4.74 Å². The Balaban J connectivity index is 2.31. The van der Waals surface area contributed by atoms with Crippen molar-refractivity contribution in [2.45, 2.75) is 40.0 Å². The van der Waals surface area contributed by atoms with Crippen LogP contribution in [0.25, 0.3) is 10.6 Å². The van der Waals surface area contributed by atoms with Crippen LogP contribution in [0.4, 0.5) is 0 Å². The van der Waals surface area contributed by atoms with Gasteiger partial charge in [-0.25, -0.2) is 9.78 Å². The van der Waals surface area contributed by atoms with Gasteiger partial charge in [0, 0.05) is 10.4 Å². The topological polar surface area (TPSA) is 39.2 Å². The maximum atomic E-state index is 11.8. The minimum Gasteiger partial charge on any atom is -0.461 e. The van der Waals surface area contributed by atoms with Gasteiger partial charge in [0.25, 0.3) is 0 Å². The third kappa shape index (κ3) is 3.50. The van der Waals surface area contributed by atoms with E-state index in [-0.39, 0.29) is 11.4 Å². The number of thiazole rings is 1. The molecule has 112 valence electrons. The molecule has 0 amide bonds. The Morgan fingerprint density at radius 1 is 1.24 bits per heavy atom. The van der Waals surface area contributed by atoms with Gasteiger partial charge in [0.15, 0.2) is 5.69 Å². The molecular formula is C17H21NO2S. The summed E-state index contributed by atoms with van der Waals surface area (Å²) in [7, 11) is 0. The van der Waals surface area contributed by atoms with Gasteiger partial charge in [-0.05, 0) is 24.8 Å². The van der Waals surface area contributed by atoms with Gasteiger partial charge in [0.05, 0.1) is 6.61 Å². The van der Waals surface area contributed by atoms with Crippen LogP contribution < -0.4 is 0 Å². The van der Waals surface area contributed by atoms with Crippen LogP contribution >= 0.6 is 11.3 Å². The molecular weight excluding hydrogens is 282 g/mol. The molecule has 1 aromatic carbocycles. The lowest BCUT2D eigenvalue weighted by Gasteiger charge is -2.18. The number of benzene rings is 1. The molecule has 0 bridgehead atoms. The number of hydrogen-bond acceptors (Lipinski definition) is 4. The fraction of sp³-hybridized carbons (Fsp3) is 0.412. The smallest absolute Gasteiger partial charge is 0.358 e. The van der Waals surface area contributed by atoms with E-state index in [2.05, 4.69) is 50.0 Å². The highest BCUT2D eigenvalue weighted by Gasteiger charge is 2.18. The number of aryl methyl sites for hydroxylation is 1. The van der Waals surface area contributed by atoms with Crippen molar-refractivity contribution in [2.24, 2.45) is 0 Å². The predicted molar refractivity (Wildman–Crippen MR) is 86.9 cm³/mol. The minimum atomic E-state index is -0.344. The first-order valence-electron chi connectivity index (χ1n) is 7.08. The molecule has 0 atom stereocenters. The molecule has 2 rings (SSSR count). The Hall–Kier alpha value is -1.68. The number of nitrogens with zero attached hydrogens (tertiary/aromatic N) is 1. The van der Waals surface area contributed by atoms with Gasteiger partial charge in [-0.15, -0.1) is 11.3 Å². The predicted octanol–water partition coefficient (Wildman–Crippen LogP) is 4.59. The first-order chi connectivity index (χ1) is 9.82. The van der Waals surface area contributed by atoms with Gasteiger partial charge in [0.1, 0.15) is 5.01 Å². The largest absolute Gasteiger partial charge is 0.461 e. The number of rotatable bonds is 3. The molecule has 0 spiro atoms. The lowest BCUT2D eigenvalue weighted by molar-refractivity contribution is 0.0519. The van der Waals surface area contributed by atoms with Crippen molar-refractivity contribution in [1.82, 2.24) is 4.98 Å². The Morgan fingerprint density at radius 2 is 1.86 bits per heavy atom. The highest BCUT2D eigenvalue weighted by molar-refractivity contribution is 7.15. The maximum absolute atomic E-state index is 11.8. The Labute approximate surface area is 130 Å². The average Bonchev–Trinajstić information content (AvgIpc) is 2.80. The maximum Gasteiger partial charge on any atom is 0.358 e. The first kappa shape index (κ1) is 15.7. The van der Waals surface area contributed by atoms with Gasteiger partial charge in [-0.2, -0.15) is 0 Å². The second-order valence-corrected chi connectivity index (χ2v) is 7.17. The summed E-state index contributed by atoms with van der Waals surface area (Å²) >= 11 is 1.52. The third-order valence-electron chi connectivity index (χ3n) is 3.26. The van der Waals surface area contributed by atoms with Crippen molar-refractivity contribution in [2.75, 3.05) is 6.61 Å². The number of carbonyl (C=O) groups excluding carboxylic acids is 1. The van der Waals surface area contributed by atoms with Crippen LogP contribution in [0.5, 0.6) is 0 Å². The number of esters is 1. The average molecular weight is 303 g/mol. The zero-order chi connectivity index (χ0) is 15.6.